The Morgan fingerprint density at radius 3 is 2.55 bits per heavy atom. The average molecular weight is 617 g/mol. The van der Waals surface area contributed by atoms with Gasteiger partial charge in [-0.05, 0) is 76.1 Å². The molecule has 4 aromatic rings. The second-order valence-corrected chi connectivity index (χ2v) is 11.8. The highest BCUT2D eigenvalue weighted by Crippen LogP contribution is 2.39. The van der Waals surface area contributed by atoms with E-state index in [0.29, 0.717) is 44.6 Å². The van der Waals surface area contributed by atoms with Crippen molar-refractivity contribution < 1.29 is 23.8 Å². The third-order valence-corrected chi connectivity index (χ3v) is 6.90. The molecule has 0 aliphatic heterocycles. The van der Waals surface area contributed by atoms with Crippen LogP contribution in [0.5, 0.6) is 11.5 Å². The standard InChI is InChI=1S/C32H33ClN6O5/c1-5-28(40)38-25-15-22-24(16-27(25)43-18-32(11-12-32)39-30(41)44-31(2,3)4)35-19-36-29(22)37-20-9-10-26(23(33)14-20)42-17-21-8-6-7-13-34-21/h5-10,13-16,19H,1,11-12,17-18H2,2-4H3,(H,38,40)(H,39,41)(H,35,36,37). The number of alkyl carbamates (subject to hydrolysis) is 1. The summed E-state index contributed by atoms with van der Waals surface area (Å²) in [6.45, 7) is 9.43. The predicted octanol–water partition coefficient (Wildman–Crippen LogP) is 6.56. The number of hydrogen-bond donors (Lipinski definition) is 3. The van der Waals surface area contributed by atoms with Crippen molar-refractivity contribution in [1.82, 2.24) is 20.3 Å². The monoisotopic (exact) mass is 616 g/mol. The fraction of sp³-hybridized carbons (Fsp3) is 0.281. The van der Waals surface area contributed by atoms with Crippen molar-refractivity contribution in [3.8, 4) is 11.5 Å². The van der Waals surface area contributed by atoms with Crippen LogP contribution in [0.3, 0.4) is 0 Å². The van der Waals surface area contributed by atoms with Gasteiger partial charge in [0.15, 0.2) is 0 Å². The van der Waals surface area contributed by atoms with Crippen LogP contribution in [0.1, 0.15) is 39.3 Å². The van der Waals surface area contributed by atoms with E-state index in [1.165, 1.54) is 12.4 Å². The normalized spacial score (nSPS) is 13.5. The summed E-state index contributed by atoms with van der Waals surface area (Å²) in [6, 6.07) is 14.4. The number of benzene rings is 2. The first-order valence-corrected chi connectivity index (χ1v) is 14.4. The van der Waals surface area contributed by atoms with E-state index in [2.05, 4.69) is 37.5 Å². The van der Waals surface area contributed by atoms with Gasteiger partial charge in [0.1, 0.15) is 42.5 Å². The number of pyridine rings is 1. The fourth-order valence-electron chi connectivity index (χ4n) is 4.24. The van der Waals surface area contributed by atoms with Crippen LogP contribution in [0.25, 0.3) is 10.9 Å². The maximum atomic E-state index is 12.4. The number of nitrogens with one attached hydrogen (secondary N) is 3. The van der Waals surface area contributed by atoms with E-state index in [1.807, 2.05) is 24.3 Å². The molecule has 1 fully saturated rings. The number of halogens is 1. The van der Waals surface area contributed by atoms with Gasteiger partial charge in [-0.1, -0.05) is 24.2 Å². The first-order chi connectivity index (χ1) is 21.0. The number of fused-ring (bicyclic) bond motifs is 1. The van der Waals surface area contributed by atoms with Crippen molar-refractivity contribution >= 4 is 51.7 Å². The van der Waals surface area contributed by atoms with E-state index in [1.54, 1.807) is 51.2 Å². The largest absolute Gasteiger partial charge is 0.489 e. The lowest BCUT2D eigenvalue weighted by atomic mass is 10.1. The molecule has 2 amide bonds. The molecule has 0 bridgehead atoms. The molecule has 0 unspecified atom stereocenters. The molecule has 11 nitrogen and oxygen atoms in total. The van der Waals surface area contributed by atoms with Gasteiger partial charge in [0, 0.05) is 23.3 Å². The zero-order valence-corrected chi connectivity index (χ0v) is 25.4. The Kier molecular flexibility index (Phi) is 8.86. The minimum atomic E-state index is -0.617. The Balaban J connectivity index is 1.35. The maximum Gasteiger partial charge on any atom is 0.408 e. The number of nitrogens with zero attached hydrogens (tertiary/aromatic N) is 3. The van der Waals surface area contributed by atoms with E-state index in [0.717, 1.165) is 18.5 Å². The number of aromatic nitrogens is 3. The van der Waals surface area contributed by atoms with Crippen LogP contribution in [0.2, 0.25) is 5.02 Å². The Labute approximate surface area is 260 Å². The van der Waals surface area contributed by atoms with Crippen LogP contribution in [0.4, 0.5) is 22.0 Å². The first kappa shape index (κ1) is 30.6. The van der Waals surface area contributed by atoms with Gasteiger partial charge in [0.05, 0.1) is 27.5 Å². The topological polar surface area (TPSA) is 137 Å². The summed E-state index contributed by atoms with van der Waals surface area (Å²) in [5.74, 6) is 0.967. The van der Waals surface area contributed by atoms with E-state index in [-0.39, 0.29) is 13.2 Å². The van der Waals surface area contributed by atoms with Gasteiger partial charge in [-0.2, -0.15) is 0 Å². The minimum absolute atomic E-state index is 0.179. The molecule has 0 radical (unpaired) electrons. The molecule has 3 N–H and O–H groups in total. The Morgan fingerprint density at radius 1 is 1.05 bits per heavy atom. The molecule has 1 aliphatic carbocycles. The number of carbonyl (C=O) groups is 2. The van der Waals surface area contributed by atoms with Crippen LogP contribution in [0.15, 0.2) is 73.7 Å². The van der Waals surface area contributed by atoms with E-state index in [9.17, 15) is 9.59 Å². The van der Waals surface area contributed by atoms with Crippen LogP contribution < -0.4 is 25.4 Å². The third-order valence-electron chi connectivity index (χ3n) is 6.60. The molecule has 0 atom stereocenters. The highest BCUT2D eigenvalue weighted by Gasteiger charge is 2.46. The van der Waals surface area contributed by atoms with E-state index >= 15 is 0 Å². The van der Waals surface area contributed by atoms with Gasteiger partial charge < -0.3 is 30.2 Å². The van der Waals surface area contributed by atoms with Crippen molar-refractivity contribution in [1.29, 1.82) is 0 Å². The molecule has 2 aromatic carbocycles. The molecule has 2 aromatic heterocycles. The molecule has 44 heavy (non-hydrogen) atoms. The van der Waals surface area contributed by atoms with Crippen molar-refractivity contribution in [2.75, 3.05) is 17.2 Å². The first-order valence-electron chi connectivity index (χ1n) is 14.0. The maximum absolute atomic E-state index is 12.4. The molecule has 228 valence electrons. The second kappa shape index (κ2) is 12.8. The smallest absolute Gasteiger partial charge is 0.408 e. The quantitative estimate of drug-likeness (QED) is 0.160. The number of rotatable bonds is 11. The van der Waals surface area contributed by atoms with Crippen LogP contribution in [-0.2, 0) is 16.1 Å². The molecule has 0 saturated heterocycles. The summed E-state index contributed by atoms with van der Waals surface area (Å²) >= 11 is 6.51. The van der Waals surface area contributed by atoms with Gasteiger partial charge in [0.25, 0.3) is 0 Å². The SMILES string of the molecule is C=CC(=O)Nc1cc2c(Nc3ccc(OCc4ccccn4)c(Cl)c3)ncnc2cc1OCC1(NC(=O)OC(C)(C)C)CC1. The molecule has 0 spiro atoms. The Morgan fingerprint density at radius 2 is 1.86 bits per heavy atom. The zero-order chi connectivity index (χ0) is 31.3. The Bertz CT molecular complexity index is 1690. The molecular formula is C32H33ClN6O5. The summed E-state index contributed by atoms with van der Waals surface area (Å²) in [6.07, 6.45) is 5.26. The van der Waals surface area contributed by atoms with Gasteiger partial charge in [0.2, 0.25) is 5.91 Å². The number of anilines is 3. The number of ether oxygens (including phenoxy) is 3. The van der Waals surface area contributed by atoms with Crippen LogP contribution in [-0.4, -0.2) is 44.7 Å². The van der Waals surface area contributed by atoms with Gasteiger partial charge in [-0.25, -0.2) is 14.8 Å². The number of hydrogen-bond acceptors (Lipinski definition) is 9. The molecular weight excluding hydrogens is 584 g/mol. The van der Waals surface area contributed by atoms with E-state index < -0.39 is 23.1 Å². The number of amides is 2. The lowest BCUT2D eigenvalue weighted by molar-refractivity contribution is -0.111. The molecule has 2 heterocycles. The van der Waals surface area contributed by atoms with Gasteiger partial charge in [-0.15, -0.1) is 0 Å². The highest BCUT2D eigenvalue weighted by molar-refractivity contribution is 6.32. The van der Waals surface area contributed by atoms with Gasteiger partial charge >= 0.3 is 6.09 Å². The fourth-order valence-corrected chi connectivity index (χ4v) is 4.48. The summed E-state index contributed by atoms with van der Waals surface area (Å²) in [7, 11) is 0. The van der Waals surface area contributed by atoms with Crippen molar-refractivity contribution in [3.05, 3.63) is 84.4 Å². The van der Waals surface area contributed by atoms with E-state index in [4.69, 9.17) is 25.8 Å². The second-order valence-electron chi connectivity index (χ2n) is 11.4. The van der Waals surface area contributed by atoms with Crippen LogP contribution >= 0.6 is 11.6 Å². The molecule has 12 heteroatoms. The lowest BCUT2D eigenvalue weighted by Gasteiger charge is -2.24. The summed E-state index contributed by atoms with van der Waals surface area (Å²) in [5, 5.41) is 10.0. The highest BCUT2D eigenvalue weighted by atomic mass is 35.5. The zero-order valence-electron chi connectivity index (χ0n) is 24.6. The lowest BCUT2D eigenvalue weighted by Crippen LogP contribution is -2.44. The molecule has 1 saturated carbocycles. The summed E-state index contributed by atoms with van der Waals surface area (Å²) in [5.41, 5.74) is 1.25. The summed E-state index contributed by atoms with van der Waals surface area (Å²) in [4.78, 5) is 37.8. The van der Waals surface area contributed by atoms with Crippen molar-refractivity contribution in [3.63, 3.8) is 0 Å². The average Bonchev–Trinajstić information content (AvgIpc) is 3.74. The summed E-state index contributed by atoms with van der Waals surface area (Å²) < 4.78 is 17.4. The molecule has 1 aliphatic rings. The predicted molar refractivity (Wildman–Crippen MR) is 168 cm³/mol. The van der Waals surface area contributed by atoms with Gasteiger partial charge in [-0.3, -0.25) is 9.78 Å². The Hall–Kier alpha value is -4.90. The number of carbonyl (C=O) groups excluding carboxylic acids is 2. The van der Waals surface area contributed by atoms with Crippen LogP contribution in [0, 0.1) is 0 Å². The minimum Gasteiger partial charge on any atom is -0.489 e. The van der Waals surface area contributed by atoms with Crippen molar-refractivity contribution in [2.24, 2.45) is 0 Å². The van der Waals surface area contributed by atoms with Crippen molar-refractivity contribution in [2.45, 2.75) is 51.4 Å². The third kappa shape index (κ3) is 7.93. The molecule has 5 rings (SSSR count).